The van der Waals surface area contributed by atoms with Crippen LogP contribution in [-0.2, 0) is 0 Å². The van der Waals surface area contributed by atoms with Crippen molar-refractivity contribution in [3.8, 4) is 5.88 Å². The summed E-state index contributed by atoms with van der Waals surface area (Å²) in [6, 6.07) is 3.49. The fourth-order valence-electron chi connectivity index (χ4n) is 1.43. The van der Waals surface area contributed by atoms with Gasteiger partial charge in [-0.05, 0) is 18.4 Å². The number of nitrogens with two attached hydrogens (primary N) is 1. The monoisotopic (exact) mass is 221 g/mol. The lowest BCUT2D eigenvalue weighted by molar-refractivity contribution is 0.243. The van der Waals surface area contributed by atoms with Gasteiger partial charge < -0.3 is 10.5 Å². The summed E-state index contributed by atoms with van der Waals surface area (Å²) in [5.74, 6) is 1.16. The molecule has 4 nitrogen and oxygen atoms in total. The maximum atomic E-state index is 7.23. The van der Waals surface area contributed by atoms with Crippen LogP contribution >= 0.6 is 0 Å². The van der Waals surface area contributed by atoms with Gasteiger partial charge in [-0.15, -0.1) is 0 Å². The van der Waals surface area contributed by atoms with E-state index in [2.05, 4.69) is 18.8 Å². The van der Waals surface area contributed by atoms with E-state index < -0.39 is 0 Å². The molecule has 0 aliphatic rings. The van der Waals surface area contributed by atoms with E-state index in [0.717, 1.165) is 6.42 Å². The lowest BCUT2D eigenvalue weighted by atomic mass is 10.1. The van der Waals surface area contributed by atoms with Crippen LogP contribution in [0.25, 0.3) is 0 Å². The Kier molecular flexibility index (Phi) is 4.76. The fraction of sp³-hybridized carbons (Fsp3) is 0.500. The molecule has 0 aliphatic heterocycles. The maximum absolute atomic E-state index is 7.23. The van der Waals surface area contributed by atoms with E-state index in [9.17, 15) is 0 Å². The lowest BCUT2D eigenvalue weighted by Gasteiger charge is -2.11. The number of hydrogen-bond acceptors (Lipinski definition) is 3. The molecular formula is C12H19N3O. The molecule has 1 rings (SSSR count). The number of rotatable bonds is 6. The van der Waals surface area contributed by atoms with Crippen molar-refractivity contribution in [2.24, 2.45) is 11.7 Å². The van der Waals surface area contributed by atoms with Crippen LogP contribution in [0.5, 0.6) is 5.88 Å². The summed E-state index contributed by atoms with van der Waals surface area (Å²) in [7, 11) is 0. The summed E-state index contributed by atoms with van der Waals surface area (Å²) in [6.45, 7) is 5.00. The van der Waals surface area contributed by atoms with Crippen LogP contribution in [0.4, 0.5) is 0 Å². The number of nitrogens with zero attached hydrogens (tertiary/aromatic N) is 1. The van der Waals surface area contributed by atoms with Crippen LogP contribution in [-0.4, -0.2) is 17.4 Å². The highest BCUT2D eigenvalue weighted by molar-refractivity contribution is 5.94. The second-order valence-electron chi connectivity index (χ2n) is 4.00. The Bertz CT molecular complexity index is 335. The van der Waals surface area contributed by atoms with Crippen LogP contribution in [0.1, 0.15) is 32.3 Å². The van der Waals surface area contributed by atoms with Gasteiger partial charge in [-0.3, -0.25) is 5.41 Å². The average molecular weight is 221 g/mol. The van der Waals surface area contributed by atoms with E-state index in [0.29, 0.717) is 24.0 Å². The van der Waals surface area contributed by atoms with Crippen molar-refractivity contribution in [1.29, 1.82) is 5.41 Å². The number of aromatic nitrogens is 1. The van der Waals surface area contributed by atoms with E-state index in [4.69, 9.17) is 15.9 Å². The third-order valence-electron chi connectivity index (χ3n) is 2.34. The second-order valence-corrected chi connectivity index (χ2v) is 4.00. The first kappa shape index (κ1) is 12.5. The van der Waals surface area contributed by atoms with Gasteiger partial charge in [0.2, 0.25) is 5.88 Å². The molecule has 16 heavy (non-hydrogen) atoms. The molecule has 1 unspecified atom stereocenters. The molecule has 0 saturated carbocycles. The van der Waals surface area contributed by atoms with Crippen LogP contribution < -0.4 is 10.5 Å². The van der Waals surface area contributed by atoms with Crippen molar-refractivity contribution in [3.63, 3.8) is 0 Å². The van der Waals surface area contributed by atoms with E-state index in [1.807, 2.05) is 0 Å². The highest BCUT2D eigenvalue weighted by Gasteiger charge is 2.03. The Morgan fingerprint density at radius 3 is 2.81 bits per heavy atom. The summed E-state index contributed by atoms with van der Waals surface area (Å²) in [4.78, 5) is 4.09. The minimum Gasteiger partial charge on any atom is -0.477 e. The molecule has 1 aromatic rings. The van der Waals surface area contributed by atoms with Gasteiger partial charge in [-0.1, -0.05) is 20.3 Å². The highest BCUT2D eigenvalue weighted by atomic mass is 16.5. The van der Waals surface area contributed by atoms with E-state index in [-0.39, 0.29) is 5.84 Å². The first-order valence-corrected chi connectivity index (χ1v) is 5.56. The Morgan fingerprint density at radius 1 is 1.56 bits per heavy atom. The van der Waals surface area contributed by atoms with E-state index in [1.165, 1.54) is 6.42 Å². The minimum atomic E-state index is 0.0263. The Morgan fingerprint density at radius 2 is 2.31 bits per heavy atom. The van der Waals surface area contributed by atoms with Gasteiger partial charge in [0.25, 0.3) is 0 Å². The molecular weight excluding hydrogens is 202 g/mol. The number of pyridine rings is 1. The van der Waals surface area contributed by atoms with Crippen molar-refractivity contribution in [3.05, 3.63) is 23.9 Å². The zero-order valence-electron chi connectivity index (χ0n) is 9.86. The summed E-state index contributed by atoms with van der Waals surface area (Å²) in [6.07, 6.45) is 3.88. The Hall–Kier alpha value is -1.58. The van der Waals surface area contributed by atoms with Crippen LogP contribution in [0, 0.1) is 11.3 Å². The summed E-state index contributed by atoms with van der Waals surface area (Å²) < 4.78 is 5.53. The summed E-state index contributed by atoms with van der Waals surface area (Å²) >= 11 is 0. The third kappa shape index (κ3) is 3.88. The van der Waals surface area contributed by atoms with Crippen molar-refractivity contribution in [2.45, 2.75) is 26.7 Å². The van der Waals surface area contributed by atoms with Crippen molar-refractivity contribution < 1.29 is 4.74 Å². The van der Waals surface area contributed by atoms with Gasteiger partial charge in [0.05, 0.1) is 6.61 Å². The molecule has 0 aliphatic carbocycles. The molecule has 0 bridgehead atoms. The Balaban J connectivity index is 2.46. The standard InChI is InChI=1S/C12H19N3O/c1-3-4-9(2)8-16-11-6-5-10(7-15-11)12(13)14/h5-7,9H,3-4,8H2,1-2H3,(H3,13,14). The zero-order valence-corrected chi connectivity index (χ0v) is 9.86. The fourth-order valence-corrected chi connectivity index (χ4v) is 1.43. The first-order valence-electron chi connectivity index (χ1n) is 5.56. The van der Waals surface area contributed by atoms with Gasteiger partial charge in [0, 0.05) is 17.8 Å². The van der Waals surface area contributed by atoms with E-state index in [1.54, 1.807) is 18.3 Å². The number of hydrogen-bond donors (Lipinski definition) is 2. The van der Waals surface area contributed by atoms with Crippen molar-refractivity contribution >= 4 is 5.84 Å². The molecule has 0 saturated heterocycles. The normalized spacial score (nSPS) is 12.1. The van der Waals surface area contributed by atoms with Crippen LogP contribution in [0.15, 0.2) is 18.3 Å². The number of nitrogen functional groups attached to an aromatic ring is 1. The molecule has 3 N–H and O–H groups in total. The number of ether oxygens (including phenoxy) is 1. The highest BCUT2D eigenvalue weighted by Crippen LogP contribution is 2.11. The molecule has 1 heterocycles. The van der Waals surface area contributed by atoms with E-state index >= 15 is 0 Å². The van der Waals surface area contributed by atoms with Gasteiger partial charge in [0.1, 0.15) is 5.84 Å². The Labute approximate surface area is 96.3 Å². The molecule has 0 aromatic carbocycles. The molecule has 4 heteroatoms. The molecule has 0 radical (unpaired) electrons. The van der Waals surface area contributed by atoms with Crippen LogP contribution in [0.3, 0.4) is 0 Å². The number of nitrogens with one attached hydrogen (secondary N) is 1. The minimum absolute atomic E-state index is 0.0263. The summed E-state index contributed by atoms with van der Waals surface area (Å²) in [5, 5.41) is 7.23. The second kappa shape index (κ2) is 6.10. The largest absolute Gasteiger partial charge is 0.477 e. The first-order chi connectivity index (χ1) is 7.63. The molecule has 0 fully saturated rings. The van der Waals surface area contributed by atoms with Gasteiger partial charge in [-0.25, -0.2) is 4.98 Å². The average Bonchev–Trinajstić information content (AvgIpc) is 2.27. The SMILES string of the molecule is CCCC(C)COc1ccc(C(=N)N)cn1. The molecule has 0 amide bonds. The number of amidine groups is 1. The van der Waals surface area contributed by atoms with Crippen molar-refractivity contribution in [2.75, 3.05) is 6.61 Å². The maximum Gasteiger partial charge on any atom is 0.213 e. The van der Waals surface area contributed by atoms with Gasteiger partial charge in [-0.2, -0.15) is 0 Å². The molecule has 0 spiro atoms. The molecule has 1 aromatic heterocycles. The quantitative estimate of drug-likeness (QED) is 0.571. The van der Waals surface area contributed by atoms with Crippen LogP contribution in [0.2, 0.25) is 0 Å². The predicted molar refractivity (Wildman–Crippen MR) is 64.8 cm³/mol. The third-order valence-corrected chi connectivity index (χ3v) is 2.34. The smallest absolute Gasteiger partial charge is 0.213 e. The van der Waals surface area contributed by atoms with Gasteiger partial charge >= 0.3 is 0 Å². The topological polar surface area (TPSA) is 72.0 Å². The summed E-state index contributed by atoms with van der Waals surface area (Å²) in [5.41, 5.74) is 5.95. The lowest BCUT2D eigenvalue weighted by Crippen LogP contribution is -2.12. The zero-order chi connectivity index (χ0) is 12.0. The molecule has 1 atom stereocenters. The van der Waals surface area contributed by atoms with Crippen molar-refractivity contribution in [1.82, 2.24) is 4.98 Å². The molecule has 88 valence electrons. The predicted octanol–water partition coefficient (Wildman–Crippen LogP) is 2.18. The van der Waals surface area contributed by atoms with Gasteiger partial charge in [0.15, 0.2) is 0 Å².